The molecule has 3 amide bonds. The number of thiol groups is 2. The summed E-state index contributed by atoms with van der Waals surface area (Å²) >= 11 is 7.78. The van der Waals surface area contributed by atoms with Gasteiger partial charge in [0.1, 0.15) is 12.1 Å². The van der Waals surface area contributed by atoms with Crippen LogP contribution < -0.4 is 16.4 Å². The fourth-order valence-electron chi connectivity index (χ4n) is 2.27. The molecule has 1 heterocycles. The monoisotopic (exact) mass is 378 g/mol. The number of amides is 3. The maximum atomic E-state index is 12.2. The number of nitrogens with two attached hydrogens (primary N) is 1. The van der Waals surface area contributed by atoms with Gasteiger partial charge in [0.2, 0.25) is 17.7 Å². The highest BCUT2D eigenvalue weighted by Gasteiger charge is 2.35. The maximum absolute atomic E-state index is 12.2. The number of likely N-dealkylation sites (tertiary alicyclic amines) is 1. The van der Waals surface area contributed by atoms with Crippen LogP contribution in [-0.2, 0) is 19.2 Å². The van der Waals surface area contributed by atoms with Crippen LogP contribution in [0.4, 0.5) is 0 Å². The van der Waals surface area contributed by atoms with Gasteiger partial charge in [-0.1, -0.05) is 0 Å². The average Bonchev–Trinajstić information content (AvgIpc) is 3.05. The smallest absolute Gasteiger partial charge is 0.327 e. The first kappa shape index (κ1) is 20.6. The Morgan fingerprint density at radius 3 is 2.46 bits per heavy atom. The standard InChI is InChI=1S/C13H22N4O5S2/c14-7(5-23)11(19)15-4-10(18)17-3-1-2-9(17)12(20)16-8(6-24)13(21)22/h7-9,23-24H,1-6,14H2,(H,15,19)(H,16,20)(H,21,22). The normalized spacial score (nSPS) is 19.5. The van der Waals surface area contributed by atoms with Gasteiger partial charge in [-0.15, -0.1) is 0 Å². The van der Waals surface area contributed by atoms with Gasteiger partial charge < -0.3 is 26.4 Å². The van der Waals surface area contributed by atoms with Gasteiger partial charge in [0, 0.05) is 18.1 Å². The topological polar surface area (TPSA) is 142 Å². The predicted molar refractivity (Wildman–Crippen MR) is 93.0 cm³/mol. The third-order valence-electron chi connectivity index (χ3n) is 3.62. The molecule has 1 saturated heterocycles. The number of nitrogens with zero attached hydrogens (tertiary/aromatic N) is 1. The van der Waals surface area contributed by atoms with Crippen molar-refractivity contribution in [1.29, 1.82) is 0 Å². The molecule has 1 aliphatic heterocycles. The number of hydrogen-bond acceptors (Lipinski definition) is 7. The zero-order chi connectivity index (χ0) is 18.3. The van der Waals surface area contributed by atoms with Crippen molar-refractivity contribution in [3.8, 4) is 0 Å². The van der Waals surface area contributed by atoms with Crippen LogP contribution in [0.1, 0.15) is 12.8 Å². The van der Waals surface area contributed by atoms with Gasteiger partial charge in [-0.2, -0.15) is 25.3 Å². The Morgan fingerprint density at radius 1 is 1.25 bits per heavy atom. The molecule has 0 saturated carbocycles. The highest BCUT2D eigenvalue weighted by atomic mass is 32.1. The van der Waals surface area contributed by atoms with Crippen molar-refractivity contribution in [1.82, 2.24) is 15.5 Å². The summed E-state index contributed by atoms with van der Waals surface area (Å²) in [5, 5.41) is 13.7. The van der Waals surface area contributed by atoms with E-state index >= 15 is 0 Å². The second kappa shape index (κ2) is 9.74. The third-order valence-corrected chi connectivity index (χ3v) is 4.38. The van der Waals surface area contributed by atoms with E-state index in [2.05, 4.69) is 35.9 Å². The Balaban J connectivity index is 2.60. The van der Waals surface area contributed by atoms with Gasteiger partial charge in [0.25, 0.3) is 0 Å². The lowest BCUT2D eigenvalue weighted by Crippen LogP contribution is -2.53. The molecular formula is C13H22N4O5S2. The molecule has 1 aliphatic rings. The quantitative estimate of drug-likeness (QED) is 0.266. The van der Waals surface area contributed by atoms with Crippen LogP contribution in [0.3, 0.4) is 0 Å². The second-order valence-electron chi connectivity index (χ2n) is 5.33. The number of carbonyl (C=O) groups excluding carboxylic acids is 3. The zero-order valence-electron chi connectivity index (χ0n) is 13.0. The molecule has 0 bridgehead atoms. The Labute approximate surface area is 150 Å². The molecule has 0 radical (unpaired) electrons. The van der Waals surface area contributed by atoms with E-state index in [-0.39, 0.29) is 18.1 Å². The first-order valence-electron chi connectivity index (χ1n) is 7.39. The number of carboxylic acid groups (broad SMARTS) is 1. The van der Waals surface area contributed by atoms with Crippen molar-refractivity contribution in [2.75, 3.05) is 24.6 Å². The van der Waals surface area contributed by atoms with E-state index in [9.17, 15) is 19.2 Å². The molecule has 1 rings (SSSR count). The van der Waals surface area contributed by atoms with Crippen molar-refractivity contribution in [3.63, 3.8) is 0 Å². The molecule has 0 aromatic carbocycles. The van der Waals surface area contributed by atoms with E-state index in [4.69, 9.17) is 10.8 Å². The summed E-state index contributed by atoms with van der Waals surface area (Å²) in [5.41, 5.74) is 5.49. The molecule has 1 fully saturated rings. The van der Waals surface area contributed by atoms with Gasteiger partial charge in [-0.25, -0.2) is 4.79 Å². The van der Waals surface area contributed by atoms with Crippen LogP contribution in [0.25, 0.3) is 0 Å². The Morgan fingerprint density at radius 2 is 1.92 bits per heavy atom. The van der Waals surface area contributed by atoms with Gasteiger partial charge in [0.15, 0.2) is 0 Å². The van der Waals surface area contributed by atoms with Crippen molar-refractivity contribution >= 4 is 48.9 Å². The lowest BCUT2D eigenvalue weighted by molar-refractivity contribution is -0.143. The Kier molecular flexibility index (Phi) is 8.36. The summed E-state index contributed by atoms with van der Waals surface area (Å²) in [4.78, 5) is 48.3. The van der Waals surface area contributed by atoms with Crippen molar-refractivity contribution in [3.05, 3.63) is 0 Å². The molecule has 3 atom stereocenters. The predicted octanol–water partition coefficient (Wildman–Crippen LogP) is -2.15. The molecule has 9 nitrogen and oxygen atoms in total. The van der Waals surface area contributed by atoms with Crippen LogP contribution in [0.2, 0.25) is 0 Å². The molecule has 0 spiro atoms. The molecule has 11 heteroatoms. The van der Waals surface area contributed by atoms with Crippen LogP contribution >= 0.6 is 25.3 Å². The SMILES string of the molecule is NC(CS)C(=O)NCC(=O)N1CCCC1C(=O)NC(CS)C(=O)O. The van der Waals surface area contributed by atoms with E-state index < -0.39 is 41.8 Å². The number of carboxylic acids is 1. The van der Waals surface area contributed by atoms with Gasteiger partial charge >= 0.3 is 5.97 Å². The Hall–Kier alpha value is -1.46. The minimum absolute atomic E-state index is 0.0561. The third kappa shape index (κ3) is 5.56. The molecule has 3 unspecified atom stereocenters. The van der Waals surface area contributed by atoms with Crippen LogP contribution in [-0.4, -0.2) is 76.4 Å². The summed E-state index contributed by atoms with van der Waals surface area (Å²) in [6, 6.07) is -2.69. The lowest BCUT2D eigenvalue weighted by atomic mass is 10.2. The van der Waals surface area contributed by atoms with Crippen LogP contribution in [0.15, 0.2) is 0 Å². The lowest BCUT2D eigenvalue weighted by Gasteiger charge is -2.25. The van der Waals surface area contributed by atoms with Gasteiger partial charge in [-0.05, 0) is 12.8 Å². The number of nitrogens with one attached hydrogen (secondary N) is 2. The van der Waals surface area contributed by atoms with E-state index in [0.717, 1.165) is 0 Å². The highest BCUT2D eigenvalue weighted by Crippen LogP contribution is 2.17. The molecule has 5 N–H and O–H groups in total. The minimum atomic E-state index is -1.19. The molecule has 0 aliphatic carbocycles. The second-order valence-corrected chi connectivity index (χ2v) is 6.06. The summed E-state index contributed by atoms with van der Waals surface area (Å²) in [6.45, 7) is 0.0864. The van der Waals surface area contributed by atoms with Crippen molar-refractivity contribution < 1.29 is 24.3 Å². The fraction of sp³-hybridized carbons (Fsp3) is 0.692. The zero-order valence-corrected chi connectivity index (χ0v) is 14.8. The van der Waals surface area contributed by atoms with Crippen LogP contribution in [0, 0.1) is 0 Å². The first-order valence-corrected chi connectivity index (χ1v) is 8.66. The number of aliphatic carboxylic acids is 1. The van der Waals surface area contributed by atoms with Crippen LogP contribution in [0.5, 0.6) is 0 Å². The largest absolute Gasteiger partial charge is 0.480 e. The van der Waals surface area contributed by atoms with Crippen molar-refractivity contribution in [2.45, 2.75) is 31.0 Å². The van der Waals surface area contributed by atoms with Crippen molar-refractivity contribution in [2.24, 2.45) is 5.73 Å². The molecular weight excluding hydrogens is 356 g/mol. The number of hydrogen-bond donors (Lipinski definition) is 6. The first-order chi connectivity index (χ1) is 11.3. The molecule has 24 heavy (non-hydrogen) atoms. The maximum Gasteiger partial charge on any atom is 0.327 e. The highest BCUT2D eigenvalue weighted by molar-refractivity contribution is 7.80. The summed E-state index contributed by atoms with van der Waals surface area (Å²) in [5.74, 6) is -2.57. The average molecular weight is 378 g/mol. The van der Waals surface area contributed by atoms with E-state index in [1.807, 2.05) is 0 Å². The minimum Gasteiger partial charge on any atom is -0.480 e. The van der Waals surface area contributed by atoms with E-state index in [1.54, 1.807) is 0 Å². The molecule has 0 aromatic rings. The fourth-order valence-corrected chi connectivity index (χ4v) is 2.68. The Bertz CT molecular complexity index is 505. The summed E-state index contributed by atoms with van der Waals surface area (Å²) in [7, 11) is 0. The van der Waals surface area contributed by atoms with E-state index in [0.29, 0.717) is 19.4 Å². The summed E-state index contributed by atoms with van der Waals surface area (Å²) in [6.07, 6.45) is 1.05. The molecule has 0 aromatic heterocycles. The van der Waals surface area contributed by atoms with E-state index in [1.165, 1.54) is 4.90 Å². The van der Waals surface area contributed by atoms with Gasteiger partial charge in [-0.3, -0.25) is 14.4 Å². The number of carbonyl (C=O) groups is 4. The molecule has 136 valence electrons. The van der Waals surface area contributed by atoms with Gasteiger partial charge in [0.05, 0.1) is 12.6 Å². The summed E-state index contributed by atoms with van der Waals surface area (Å²) < 4.78 is 0. The number of rotatable bonds is 8.